The van der Waals surface area contributed by atoms with Crippen LogP contribution < -0.4 is 5.73 Å². The number of carbonyl (C=O) groups excluding carboxylic acids is 1. The van der Waals surface area contributed by atoms with E-state index in [0.717, 1.165) is 10.7 Å². The first-order valence-electron chi connectivity index (χ1n) is 7.61. The highest BCUT2D eigenvalue weighted by molar-refractivity contribution is 6.42. The Morgan fingerprint density at radius 3 is 2.41 bits per heavy atom. The van der Waals surface area contributed by atoms with E-state index in [4.69, 9.17) is 28.9 Å². The Labute approximate surface area is 162 Å². The second-order valence-electron chi connectivity index (χ2n) is 5.72. The summed E-state index contributed by atoms with van der Waals surface area (Å²) in [5.41, 5.74) is 5.25. The van der Waals surface area contributed by atoms with Gasteiger partial charge in [0.15, 0.2) is 0 Å². The van der Waals surface area contributed by atoms with Crippen LogP contribution in [0.5, 0.6) is 0 Å². The van der Waals surface area contributed by atoms with Crippen LogP contribution in [0.3, 0.4) is 0 Å². The largest absolute Gasteiger partial charge is 0.365 e. The van der Waals surface area contributed by atoms with Gasteiger partial charge in [-0.15, -0.1) is 0 Å². The van der Waals surface area contributed by atoms with Crippen LogP contribution in [0.25, 0.3) is 22.4 Å². The average Bonchev–Trinajstić information content (AvgIpc) is 2.95. The van der Waals surface area contributed by atoms with Crippen LogP contribution in [0.1, 0.15) is 22.5 Å². The van der Waals surface area contributed by atoms with E-state index < -0.39 is 29.4 Å². The van der Waals surface area contributed by atoms with Crippen molar-refractivity contribution in [1.29, 1.82) is 0 Å². The summed E-state index contributed by atoms with van der Waals surface area (Å²) in [5.74, 6) is -1.71. The lowest BCUT2D eigenvalue weighted by Gasteiger charge is -2.13. The molecule has 1 amide bonds. The molecule has 0 fully saturated rings. The van der Waals surface area contributed by atoms with Gasteiger partial charge in [-0.25, -0.2) is 13.2 Å². The second kappa shape index (κ2) is 7.25. The van der Waals surface area contributed by atoms with E-state index in [2.05, 4.69) is 5.10 Å². The van der Waals surface area contributed by atoms with Crippen LogP contribution >= 0.6 is 23.2 Å². The summed E-state index contributed by atoms with van der Waals surface area (Å²) in [6, 6.07) is 8.51. The topological polar surface area (TPSA) is 60.9 Å². The third-order valence-corrected chi connectivity index (χ3v) is 4.73. The van der Waals surface area contributed by atoms with E-state index in [1.54, 1.807) is 18.2 Å². The lowest BCUT2D eigenvalue weighted by molar-refractivity contribution is 0.0985. The average molecular weight is 414 g/mol. The van der Waals surface area contributed by atoms with Crippen LogP contribution in [0.15, 0.2) is 36.4 Å². The maximum atomic E-state index is 14.0. The van der Waals surface area contributed by atoms with Crippen LogP contribution in [0.4, 0.5) is 13.2 Å². The van der Waals surface area contributed by atoms with Crippen molar-refractivity contribution < 1.29 is 18.0 Å². The maximum absolute atomic E-state index is 14.0. The standard InChI is InChI=1S/C18H12Cl2F3N3O/c1-26-16(14(18(24)27)15(25-26)17(22)23)11-7-9(21)3-4-10(11)8-2-5-12(19)13(20)6-8/h2-7,17H,1H3,(H2,24,27). The van der Waals surface area contributed by atoms with E-state index >= 15 is 0 Å². The van der Waals surface area contributed by atoms with Gasteiger partial charge in [0.2, 0.25) is 0 Å². The number of nitrogens with zero attached hydrogens (tertiary/aromatic N) is 2. The lowest BCUT2D eigenvalue weighted by atomic mass is 9.94. The molecular weight excluding hydrogens is 402 g/mol. The number of amides is 1. The number of primary amides is 1. The molecular formula is C18H12Cl2F3N3O. The fourth-order valence-corrected chi connectivity index (χ4v) is 3.18. The first-order chi connectivity index (χ1) is 12.7. The molecule has 0 aliphatic carbocycles. The van der Waals surface area contributed by atoms with Crippen molar-refractivity contribution in [3.63, 3.8) is 0 Å². The van der Waals surface area contributed by atoms with Crippen LogP contribution in [0.2, 0.25) is 10.0 Å². The Hall–Kier alpha value is -2.51. The molecule has 140 valence electrons. The Morgan fingerprint density at radius 1 is 1.11 bits per heavy atom. The summed E-state index contributed by atoms with van der Waals surface area (Å²) in [5, 5.41) is 4.28. The molecule has 0 unspecified atom stereocenters. The van der Waals surface area contributed by atoms with E-state index in [-0.39, 0.29) is 16.3 Å². The molecule has 0 saturated heterocycles. The summed E-state index contributed by atoms with van der Waals surface area (Å²) >= 11 is 12.0. The molecule has 3 rings (SSSR count). The predicted molar refractivity (Wildman–Crippen MR) is 97.5 cm³/mol. The predicted octanol–water partition coefficient (Wildman–Crippen LogP) is 5.24. The summed E-state index contributed by atoms with van der Waals surface area (Å²) in [6.45, 7) is 0. The van der Waals surface area contributed by atoms with Gasteiger partial charge in [-0.05, 0) is 35.4 Å². The van der Waals surface area contributed by atoms with Gasteiger partial charge in [0, 0.05) is 12.6 Å². The van der Waals surface area contributed by atoms with Gasteiger partial charge in [-0.1, -0.05) is 35.3 Å². The molecule has 0 bridgehead atoms. The van der Waals surface area contributed by atoms with E-state index in [1.165, 1.54) is 19.2 Å². The zero-order chi connectivity index (χ0) is 19.9. The zero-order valence-electron chi connectivity index (χ0n) is 13.8. The molecule has 4 nitrogen and oxygen atoms in total. The van der Waals surface area contributed by atoms with E-state index in [1.807, 2.05) is 0 Å². The van der Waals surface area contributed by atoms with Gasteiger partial charge in [-0.3, -0.25) is 9.48 Å². The van der Waals surface area contributed by atoms with Gasteiger partial charge in [0.25, 0.3) is 12.3 Å². The molecule has 2 N–H and O–H groups in total. The summed E-state index contributed by atoms with van der Waals surface area (Å²) in [4.78, 5) is 11.9. The van der Waals surface area contributed by atoms with E-state index in [9.17, 15) is 18.0 Å². The molecule has 27 heavy (non-hydrogen) atoms. The smallest absolute Gasteiger partial charge is 0.282 e. The zero-order valence-corrected chi connectivity index (χ0v) is 15.3. The quantitative estimate of drug-likeness (QED) is 0.635. The number of rotatable bonds is 4. The SMILES string of the molecule is Cn1nc(C(F)F)c(C(N)=O)c1-c1cc(F)ccc1-c1ccc(Cl)c(Cl)c1. The Bertz CT molecular complexity index is 1050. The number of hydrogen-bond acceptors (Lipinski definition) is 2. The van der Waals surface area contributed by atoms with Gasteiger partial charge in [-0.2, -0.15) is 5.10 Å². The first-order valence-corrected chi connectivity index (χ1v) is 8.36. The molecule has 1 aromatic heterocycles. The van der Waals surface area contributed by atoms with Crippen molar-refractivity contribution in [2.75, 3.05) is 0 Å². The molecule has 0 aliphatic heterocycles. The Kier molecular flexibility index (Phi) is 5.17. The van der Waals surface area contributed by atoms with Crippen LogP contribution in [-0.4, -0.2) is 15.7 Å². The molecule has 0 radical (unpaired) electrons. The fourth-order valence-electron chi connectivity index (χ4n) is 2.88. The highest BCUT2D eigenvalue weighted by atomic mass is 35.5. The molecule has 0 spiro atoms. The van der Waals surface area contributed by atoms with Gasteiger partial charge >= 0.3 is 0 Å². The molecule has 0 aliphatic rings. The number of alkyl halides is 2. The van der Waals surface area contributed by atoms with Crippen molar-refractivity contribution in [2.45, 2.75) is 6.43 Å². The van der Waals surface area contributed by atoms with Crippen molar-refractivity contribution in [2.24, 2.45) is 12.8 Å². The minimum Gasteiger partial charge on any atom is -0.365 e. The number of aryl methyl sites for hydroxylation is 1. The van der Waals surface area contributed by atoms with Crippen molar-refractivity contribution in [1.82, 2.24) is 9.78 Å². The van der Waals surface area contributed by atoms with E-state index in [0.29, 0.717) is 16.1 Å². The van der Waals surface area contributed by atoms with Gasteiger partial charge < -0.3 is 5.73 Å². The normalized spacial score (nSPS) is 11.2. The minimum absolute atomic E-state index is 0.0154. The van der Waals surface area contributed by atoms with Crippen LogP contribution in [-0.2, 0) is 7.05 Å². The number of hydrogen-bond donors (Lipinski definition) is 1. The number of carbonyl (C=O) groups is 1. The number of halogens is 5. The van der Waals surface area contributed by atoms with Gasteiger partial charge in [0.05, 0.1) is 21.3 Å². The van der Waals surface area contributed by atoms with Crippen molar-refractivity contribution in [3.8, 4) is 22.4 Å². The molecule has 3 aromatic rings. The Balaban J connectivity index is 2.34. The minimum atomic E-state index is -3.02. The number of aromatic nitrogens is 2. The van der Waals surface area contributed by atoms with Crippen molar-refractivity contribution >= 4 is 29.1 Å². The summed E-state index contributed by atoms with van der Waals surface area (Å²) < 4.78 is 41.7. The van der Waals surface area contributed by atoms with Gasteiger partial charge in [0.1, 0.15) is 11.5 Å². The second-order valence-corrected chi connectivity index (χ2v) is 6.53. The molecule has 1 heterocycles. The molecule has 0 saturated carbocycles. The third kappa shape index (κ3) is 3.52. The molecule has 2 aromatic carbocycles. The Morgan fingerprint density at radius 2 is 1.81 bits per heavy atom. The molecule has 9 heteroatoms. The first kappa shape index (κ1) is 19.3. The van der Waals surface area contributed by atoms with Crippen molar-refractivity contribution in [3.05, 3.63) is 63.5 Å². The number of benzene rings is 2. The molecule has 0 atom stereocenters. The maximum Gasteiger partial charge on any atom is 0.282 e. The van der Waals surface area contributed by atoms with Crippen LogP contribution in [0, 0.1) is 5.82 Å². The lowest BCUT2D eigenvalue weighted by Crippen LogP contribution is -2.14. The fraction of sp³-hybridized carbons (Fsp3) is 0.111. The highest BCUT2D eigenvalue weighted by Gasteiger charge is 2.28. The monoisotopic (exact) mass is 413 g/mol. The highest BCUT2D eigenvalue weighted by Crippen LogP contribution is 2.38. The summed E-state index contributed by atoms with van der Waals surface area (Å²) in [7, 11) is 1.37. The number of nitrogens with two attached hydrogens (primary N) is 1. The third-order valence-electron chi connectivity index (χ3n) is 3.99. The summed E-state index contributed by atoms with van der Waals surface area (Å²) in [6.07, 6.45) is -3.02.